The predicted molar refractivity (Wildman–Crippen MR) is 112 cm³/mol. The zero-order chi connectivity index (χ0) is 18.8. The van der Waals surface area contributed by atoms with Crippen LogP contribution < -0.4 is 10.6 Å². The molecule has 0 aliphatic heterocycles. The molecule has 4 rings (SSSR count). The molecule has 0 bridgehead atoms. The molecule has 8 heteroatoms. The molecule has 2 aromatic heterocycles. The average molecular weight is 393 g/mol. The van der Waals surface area contributed by atoms with Gasteiger partial charge in [-0.3, -0.25) is 10.1 Å². The largest absolute Gasteiger partial charge is 0.332 e. The molecular weight excluding hydrogens is 378 g/mol. The zero-order valence-corrected chi connectivity index (χ0v) is 16.0. The number of nitrogens with zero attached hydrogens (tertiary/aromatic N) is 3. The van der Waals surface area contributed by atoms with Gasteiger partial charge in [0.2, 0.25) is 0 Å². The Bertz CT molecular complexity index is 1120. The van der Waals surface area contributed by atoms with Gasteiger partial charge in [0.05, 0.1) is 10.6 Å². The topological polar surface area (TPSA) is 71.8 Å². The lowest BCUT2D eigenvalue weighted by atomic mass is 10.2. The predicted octanol–water partition coefficient (Wildman–Crippen LogP) is 3.92. The lowest BCUT2D eigenvalue weighted by molar-refractivity contribution is 0.0981. The number of fused-ring (bicyclic) bond motifs is 1. The Balaban J connectivity index is 1.50. The number of nitrogens with one attached hydrogen (secondary N) is 2. The average Bonchev–Trinajstić information content (AvgIpc) is 3.31. The summed E-state index contributed by atoms with van der Waals surface area (Å²) in [5, 5.41) is 16.8. The van der Waals surface area contributed by atoms with Crippen molar-refractivity contribution in [2.75, 3.05) is 5.32 Å². The molecule has 0 aliphatic carbocycles. The number of anilines is 1. The number of rotatable bonds is 3. The summed E-state index contributed by atoms with van der Waals surface area (Å²) in [7, 11) is 0. The summed E-state index contributed by atoms with van der Waals surface area (Å²) in [5.41, 5.74) is 4.31. The molecule has 6 nitrogen and oxygen atoms in total. The third-order valence-corrected chi connectivity index (χ3v) is 4.95. The number of carbonyl (C=O) groups excluding carboxylic acids is 1. The van der Waals surface area contributed by atoms with Gasteiger partial charge in [-0.25, -0.2) is 0 Å². The van der Waals surface area contributed by atoms with E-state index in [1.807, 2.05) is 60.8 Å². The summed E-state index contributed by atoms with van der Waals surface area (Å²) in [6.45, 7) is 2.04. The minimum Gasteiger partial charge on any atom is -0.332 e. The SMILES string of the molecule is Cc1ccc(-n2nc3ccc(NC(=S)NC(=O)c4cccs4)cc3n2)cc1. The summed E-state index contributed by atoms with van der Waals surface area (Å²) in [4.78, 5) is 14.3. The highest BCUT2D eigenvalue weighted by molar-refractivity contribution is 7.80. The van der Waals surface area contributed by atoms with E-state index in [1.54, 1.807) is 10.9 Å². The van der Waals surface area contributed by atoms with Gasteiger partial charge in [-0.15, -0.1) is 21.5 Å². The lowest BCUT2D eigenvalue weighted by Gasteiger charge is -2.08. The second kappa shape index (κ2) is 7.26. The maximum atomic E-state index is 12.0. The van der Waals surface area contributed by atoms with Crippen molar-refractivity contribution in [1.29, 1.82) is 0 Å². The van der Waals surface area contributed by atoms with Crippen molar-refractivity contribution in [1.82, 2.24) is 20.3 Å². The summed E-state index contributed by atoms with van der Waals surface area (Å²) in [6.07, 6.45) is 0. The van der Waals surface area contributed by atoms with Crippen LogP contribution in [0.3, 0.4) is 0 Å². The van der Waals surface area contributed by atoms with E-state index in [-0.39, 0.29) is 11.0 Å². The van der Waals surface area contributed by atoms with Gasteiger partial charge >= 0.3 is 0 Å². The molecule has 4 aromatic rings. The molecule has 0 atom stereocenters. The summed E-state index contributed by atoms with van der Waals surface area (Å²) < 4.78 is 0. The van der Waals surface area contributed by atoms with Crippen molar-refractivity contribution in [2.24, 2.45) is 0 Å². The summed E-state index contributed by atoms with van der Waals surface area (Å²) in [6, 6.07) is 17.1. The van der Waals surface area contributed by atoms with E-state index in [9.17, 15) is 4.79 Å². The number of aryl methyl sites for hydroxylation is 1. The number of thiocarbonyl (C=S) groups is 1. The quantitative estimate of drug-likeness (QED) is 0.516. The van der Waals surface area contributed by atoms with Gasteiger partial charge in [0.15, 0.2) is 5.11 Å². The third-order valence-electron chi connectivity index (χ3n) is 3.88. The van der Waals surface area contributed by atoms with Crippen LogP contribution in [0.25, 0.3) is 16.7 Å². The zero-order valence-electron chi connectivity index (χ0n) is 14.3. The molecule has 0 aliphatic rings. The number of carbonyl (C=O) groups is 1. The van der Waals surface area contributed by atoms with Gasteiger partial charge in [0, 0.05) is 5.69 Å². The highest BCUT2D eigenvalue weighted by Gasteiger charge is 2.10. The Morgan fingerprint density at radius 3 is 2.59 bits per heavy atom. The van der Waals surface area contributed by atoms with Gasteiger partial charge in [0.1, 0.15) is 11.0 Å². The van der Waals surface area contributed by atoms with E-state index in [0.717, 1.165) is 22.4 Å². The Morgan fingerprint density at radius 2 is 1.85 bits per heavy atom. The van der Waals surface area contributed by atoms with E-state index >= 15 is 0 Å². The van der Waals surface area contributed by atoms with Crippen molar-refractivity contribution < 1.29 is 4.79 Å². The van der Waals surface area contributed by atoms with E-state index in [4.69, 9.17) is 12.2 Å². The number of thiophene rings is 1. The van der Waals surface area contributed by atoms with Crippen LogP contribution in [-0.4, -0.2) is 26.0 Å². The number of aromatic nitrogens is 3. The van der Waals surface area contributed by atoms with Gasteiger partial charge in [-0.1, -0.05) is 23.8 Å². The van der Waals surface area contributed by atoms with Gasteiger partial charge < -0.3 is 5.32 Å². The first-order chi connectivity index (χ1) is 13.1. The summed E-state index contributed by atoms with van der Waals surface area (Å²) in [5.74, 6) is -0.228. The molecular formula is C19H15N5OS2. The normalized spacial score (nSPS) is 10.7. The van der Waals surface area contributed by atoms with Crippen LogP contribution >= 0.6 is 23.6 Å². The molecule has 2 N–H and O–H groups in total. The molecule has 2 aromatic carbocycles. The molecule has 1 amide bonds. The van der Waals surface area contributed by atoms with Crippen LogP contribution in [-0.2, 0) is 0 Å². The molecule has 0 spiro atoms. The van der Waals surface area contributed by atoms with Crippen molar-refractivity contribution in [3.05, 3.63) is 70.4 Å². The smallest absolute Gasteiger partial charge is 0.267 e. The van der Waals surface area contributed by atoms with Crippen molar-refractivity contribution in [3.63, 3.8) is 0 Å². The Hall–Kier alpha value is -3.10. The molecule has 2 heterocycles. The first-order valence-electron chi connectivity index (χ1n) is 8.18. The molecule has 0 saturated carbocycles. The third kappa shape index (κ3) is 3.86. The maximum Gasteiger partial charge on any atom is 0.267 e. The van der Waals surface area contributed by atoms with E-state index in [0.29, 0.717) is 4.88 Å². The summed E-state index contributed by atoms with van der Waals surface area (Å²) >= 11 is 6.59. The van der Waals surface area contributed by atoms with E-state index < -0.39 is 0 Å². The van der Waals surface area contributed by atoms with E-state index in [2.05, 4.69) is 20.8 Å². The van der Waals surface area contributed by atoms with Gasteiger partial charge in [-0.05, 0) is 60.9 Å². The Kier molecular flexibility index (Phi) is 4.66. The van der Waals surface area contributed by atoms with Crippen LogP contribution in [0.4, 0.5) is 5.69 Å². The molecule has 0 radical (unpaired) electrons. The molecule has 27 heavy (non-hydrogen) atoms. The van der Waals surface area contributed by atoms with Crippen LogP contribution in [0.15, 0.2) is 60.0 Å². The fraction of sp³-hybridized carbons (Fsp3) is 0.0526. The molecule has 0 fully saturated rings. The number of benzene rings is 2. The Labute approximate surface area is 164 Å². The monoisotopic (exact) mass is 393 g/mol. The highest BCUT2D eigenvalue weighted by atomic mass is 32.1. The van der Waals surface area contributed by atoms with Crippen LogP contribution in [0.5, 0.6) is 0 Å². The number of hydrogen-bond donors (Lipinski definition) is 2. The van der Waals surface area contributed by atoms with E-state index in [1.165, 1.54) is 16.9 Å². The van der Waals surface area contributed by atoms with Gasteiger partial charge in [-0.2, -0.15) is 4.80 Å². The first kappa shape index (κ1) is 17.3. The lowest BCUT2D eigenvalue weighted by Crippen LogP contribution is -2.33. The molecule has 0 unspecified atom stereocenters. The second-order valence-corrected chi connectivity index (χ2v) is 7.27. The fourth-order valence-electron chi connectivity index (χ4n) is 2.52. The van der Waals surface area contributed by atoms with Crippen molar-refractivity contribution >= 4 is 51.3 Å². The number of amides is 1. The standard InChI is InChI=1S/C19H15N5OS2/c1-12-4-7-14(8-5-12)24-22-15-9-6-13(11-16(15)23-24)20-19(26)21-18(25)17-3-2-10-27-17/h2-11H,1H3,(H2,20,21,25,26). The maximum absolute atomic E-state index is 12.0. The minimum absolute atomic E-state index is 0.228. The van der Waals surface area contributed by atoms with Crippen LogP contribution in [0.1, 0.15) is 15.2 Å². The van der Waals surface area contributed by atoms with Crippen molar-refractivity contribution in [3.8, 4) is 5.69 Å². The Morgan fingerprint density at radius 1 is 1.07 bits per heavy atom. The first-order valence-corrected chi connectivity index (χ1v) is 9.47. The fourth-order valence-corrected chi connectivity index (χ4v) is 3.35. The van der Waals surface area contributed by atoms with Gasteiger partial charge in [0.25, 0.3) is 5.91 Å². The highest BCUT2D eigenvalue weighted by Crippen LogP contribution is 2.18. The van der Waals surface area contributed by atoms with Crippen LogP contribution in [0, 0.1) is 6.92 Å². The minimum atomic E-state index is -0.228. The molecule has 0 saturated heterocycles. The van der Waals surface area contributed by atoms with Crippen molar-refractivity contribution in [2.45, 2.75) is 6.92 Å². The second-order valence-electron chi connectivity index (χ2n) is 5.91. The molecule has 134 valence electrons. The number of hydrogen-bond acceptors (Lipinski definition) is 5. The van der Waals surface area contributed by atoms with Crippen LogP contribution in [0.2, 0.25) is 0 Å².